The summed E-state index contributed by atoms with van der Waals surface area (Å²) < 4.78 is 10.4. The molecule has 0 amide bonds. The van der Waals surface area contributed by atoms with E-state index in [1.165, 1.54) is 0 Å². The zero-order valence-electron chi connectivity index (χ0n) is 11.9. The van der Waals surface area contributed by atoms with Crippen LogP contribution in [0.1, 0.15) is 30.1 Å². The van der Waals surface area contributed by atoms with Gasteiger partial charge in [-0.05, 0) is 43.9 Å². The second kappa shape index (κ2) is 7.14. The average Bonchev–Trinajstić information content (AvgIpc) is 2.47. The third-order valence-electron chi connectivity index (χ3n) is 3.46. The number of nitrogen functional groups attached to an aromatic ring is 1. The molecule has 1 saturated heterocycles. The van der Waals surface area contributed by atoms with Crippen LogP contribution in [-0.4, -0.2) is 32.3 Å². The number of hydrogen-bond acceptors (Lipinski definition) is 5. The van der Waals surface area contributed by atoms with Crippen LogP contribution >= 0.6 is 0 Å². The third-order valence-corrected chi connectivity index (χ3v) is 3.46. The molecular weight excluding hydrogens is 256 g/mol. The van der Waals surface area contributed by atoms with Gasteiger partial charge in [-0.1, -0.05) is 0 Å². The fourth-order valence-electron chi connectivity index (χ4n) is 2.30. The molecule has 1 aliphatic rings. The van der Waals surface area contributed by atoms with Crippen LogP contribution in [-0.2, 0) is 9.47 Å². The molecular formula is C15H22N2O3. The summed E-state index contributed by atoms with van der Waals surface area (Å²) in [6.07, 6.45) is 2.10. The Balaban J connectivity index is 2.03. The lowest BCUT2D eigenvalue weighted by atomic mass is 10.00. The molecule has 5 heteroatoms. The molecule has 1 aromatic rings. The Kier molecular flexibility index (Phi) is 5.24. The maximum absolute atomic E-state index is 11.9. The monoisotopic (exact) mass is 278 g/mol. The number of benzene rings is 1. The minimum atomic E-state index is -0.339. The Bertz CT molecular complexity index is 456. The van der Waals surface area contributed by atoms with Gasteiger partial charge in [0.2, 0.25) is 0 Å². The number of anilines is 2. The molecule has 5 nitrogen and oxygen atoms in total. The Morgan fingerprint density at radius 2 is 2.20 bits per heavy atom. The van der Waals surface area contributed by atoms with E-state index in [0.29, 0.717) is 23.8 Å². The quantitative estimate of drug-likeness (QED) is 0.638. The number of carbonyl (C=O) groups is 1. The Morgan fingerprint density at radius 1 is 1.45 bits per heavy atom. The summed E-state index contributed by atoms with van der Waals surface area (Å²) in [6, 6.07) is 5.28. The Labute approximate surface area is 119 Å². The molecule has 1 aromatic carbocycles. The summed E-state index contributed by atoms with van der Waals surface area (Å²) in [5.74, 6) is 0.241. The van der Waals surface area contributed by atoms with Crippen molar-refractivity contribution in [3.63, 3.8) is 0 Å². The maximum Gasteiger partial charge on any atom is 0.340 e. The molecule has 0 aromatic heterocycles. The van der Waals surface area contributed by atoms with Crippen LogP contribution in [0.15, 0.2) is 18.2 Å². The van der Waals surface area contributed by atoms with E-state index in [-0.39, 0.29) is 5.97 Å². The van der Waals surface area contributed by atoms with Crippen LogP contribution in [0.3, 0.4) is 0 Å². The SMILES string of the molecule is CCOC(=O)c1cc(N)ccc1NCC1CCOCC1. The summed E-state index contributed by atoms with van der Waals surface area (Å²) in [5, 5.41) is 3.34. The summed E-state index contributed by atoms with van der Waals surface area (Å²) in [7, 11) is 0. The predicted octanol–water partition coefficient (Wildman–Crippen LogP) is 2.28. The topological polar surface area (TPSA) is 73.6 Å². The number of nitrogens with one attached hydrogen (secondary N) is 1. The van der Waals surface area contributed by atoms with Crippen LogP contribution in [0.4, 0.5) is 11.4 Å². The van der Waals surface area contributed by atoms with Crippen molar-refractivity contribution in [1.29, 1.82) is 0 Å². The van der Waals surface area contributed by atoms with Gasteiger partial charge in [0.15, 0.2) is 0 Å². The van der Waals surface area contributed by atoms with Gasteiger partial charge >= 0.3 is 5.97 Å². The van der Waals surface area contributed by atoms with Crippen LogP contribution < -0.4 is 11.1 Å². The predicted molar refractivity (Wildman–Crippen MR) is 78.8 cm³/mol. The zero-order chi connectivity index (χ0) is 14.4. The lowest BCUT2D eigenvalue weighted by Crippen LogP contribution is -2.23. The van der Waals surface area contributed by atoms with Crippen molar-refractivity contribution in [2.75, 3.05) is 37.4 Å². The van der Waals surface area contributed by atoms with Crippen LogP contribution in [0, 0.1) is 5.92 Å². The number of hydrogen-bond donors (Lipinski definition) is 2. The second-order valence-electron chi connectivity index (χ2n) is 4.96. The highest BCUT2D eigenvalue weighted by atomic mass is 16.5. The lowest BCUT2D eigenvalue weighted by Gasteiger charge is -2.23. The highest BCUT2D eigenvalue weighted by molar-refractivity contribution is 5.96. The number of rotatable bonds is 5. The fraction of sp³-hybridized carbons (Fsp3) is 0.533. The summed E-state index contributed by atoms with van der Waals surface area (Å²) in [5.41, 5.74) is 7.59. The molecule has 0 bridgehead atoms. The number of carbonyl (C=O) groups excluding carboxylic acids is 1. The van der Waals surface area contributed by atoms with Crippen molar-refractivity contribution >= 4 is 17.3 Å². The zero-order valence-corrected chi connectivity index (χ0v) is 11.9. The van der Waals surface area contributed by atoms with Gasteiger partial charge in [0, 0.05) is 31.1 Å². The molecule has 2 rings (SSSR count). The maximum atomic E-state index is 11.9. The van der Waals surface area contributed by atoms with Crippen molar-refractivity contribution < 1.29 is 14.3 Å². The molecule has 0 saturated carbocycles. The van der Waals surface area contributed by atoms with Gasteiger partial charge in [0.1, 0.15) is 0 Å². The molecule has 3 N–H and O–H groups in total. The molecule has 110 valence electrons. The van der Waals surface area contributed by atoms with Gasteiger partial charge in [-0.25, -0.2) is 4.79 Å². The molecule has 0 atom stereocenters. The van der Waals surface area contributed by atoms with E-state index in [1.807, 2.05) is 6.07 Å². The first-order valence-corrected chi connectivity index (χ1v) is 7.09. The molecule has 0 aliphatic carbocycles. The number of ether oxygens (including phenoxy) is 2. The van der Waals surface area contributed by atoms with E-state index in [9.17, 15) is 4.79 Å². The van der Waals surface area contributed by atoms with E-state index < -0.39 is 0 Å². The molecule has 20 heavy (non-hydrogen) atoms. The Morgan fingerprint density at radius 3 is 2.90 bits per heavy atom. The third kappa shape index (κ3) is 3.87. The van der Waals surface area contributed by atoms with Gasteiger partial charge in [0.25, 0.3) is 0 Å². The van der Waals surface area contributed by atoms with Crippen molar-refractivity contribution in [3.8, 4) is 0 Å². The van der Waals surface area contributed by atoms with E-state index in [0.717, 1.165) is 38.3 Å². The van der Waals surface area contributed by atoms with Gasteiger partial charge in [-0.2, -0.15) is 0 Å². The minimum Gasteiger partial charge on any atom is -0.462 e. The van der Waals surface area contributed by atoms with Crippen LogP contribution in [0.5, 0.6) is 0 Å². The normalized spacial score (nSPS) is 15.8. The van der Waals surface area contributed by atoms with Crippen LogP contribution in [0.2, 0.25) is 0 Å². The van der Waals surface area contributed by atoms with Crippen molar-refractivity contribution in [3.05, 3.63) is 23.8 Å². The second-order valence-corrected chi connectivity index (χ2v) is 4.96. The van der Waals surface area contributed by atoms with E-state index in [2.05, 4.69) is 5.32 Å². The Hall–Kier alpha value is -1.75. The number of esters is 1. The standard InChI is InChI=1S/C15H22N2O3/c1-2-20-15(18)13-9-12(16)3-4-14(13)17-10-11-5-7-19-8-6-11/h3-4,9,11,17H,2,5-8,10,16H2,1H3. The van der Waals surface area contributed by atoms with E-state index in [4.69, 9.17) is 15.2 Å². The lowest BCUT2D eigenvalue weighted by molar-refractivity contribution is 0.0527. The fourth-order valence-corrected chi connectivity index (χ4v) is 2.30. The largest absolute Gasteiger partial charge is 0.462 e. The molecule has 0 spiro atoms. The first-order chi connectivity index (χ1) is 9.70. The van der Waals surface area contributed by atoms with Crippen molar-refractivity contribution in [2.45, 2.75) is 19.8 Å². The summed E-state index contributed by atoms with van der Waals surface area (Å²) >= 11 is 0. The first kappa shape index (κ1) is 14.7. The van der Waals surface area contributed by atoms with Crippen LogP contribution in [0.25, 0.3) is 0 Å². The smallest absolute Gasteiger partial charge is 0.340 e. The number of nitrogens with two attached hydrogens (primary N) is 1. The average molecular weight is 278 g/mol. The van der Waals surface area contributed by atoms with Gasteiger partial charge in [-0.15, -0.1) is 0 Å². The summed E-state index contributed by atoms with van der Waals surface area (Å²) in [6.45, 7) is 4.61. The van der Waals surface area contributed by atoms with Gasteiger partial charge in [-0.3, -0.25) is 0 Å². The van der Waals surface area contributed by atoms with Gasteiger partial charge in [0.05, 0.1) is 12.2 Å². The molecule has 1 aliphatic heterocycles. The van der Waals surface area contributed by atoms with Crippen molar-refractivity contribution in [1.82, 2.24) is 0 Å². The molecule has 0 unspecified atom stereocenters. The van der Waals surface area contributed by atoms with Crippen molar-refractivity contribution in [2.24, 2.45) is 5.92 Å². The van der Waals surface area contributed by atoms with E-state index in [1.54, 1.807) is 19.1 Å². The first-order valence-electron chi connectivity index (χ1n) is 7.09. The molecule has 1 fully saturated rings. The molecule has 1 heterocycles. The molecule has 0 radical (unpaired) electrons. The highest BCUT2D eigenvalue weighted by Gasteiger charge is 2.16. The highest BCUT2D eigenvalue weighted by Crippen LogP contribution is 2.22. The summed E-state index contributed by atoms with van der Waals surface area (Å²) in [4.78, 5) is 11.9. The van der Waals surface area contributed by atoms with Gasteiger partial charge < -0.3 is 20.5 Å². The minimum absolute atomic E-state index is 0.339. The van der Waals surface area contributed by atoms with E-state index >= 15 is 0 Å².